The molecule has 0 spiro atoms. The predicted octanol–water partition coefficient (Wildman–Crippen LogP) is 4.83. The lowest BCUT2D eigenvalue weighted by molar-refractivity contribution is 0.248. The van der Waals surface area contributed by atoms with Crippen LogP contribution in [0.25, 0.3) is 10.9 Å². The van der Waals surface area contributed by atoms with Crippen LogP contribution in [0.5, 0.6) is 0 Å². The van der Waals surface area contributed by atoms with Crippen molar-refractivity contribution in [1.82, 2.24) is 4.98 Å². The van der Waals surface area contributed by atoms with Crippen molar-refractivity contribution in [2.24, 2.45) is 11.5 Å². The summed E-state index contributed by atoms with van der Waals surface area (Å²) in [6.45, 7) is 0.345. The van der Waals surface area contributed by atoms with Gasteiger partial charge in [-0.2, -0.15) is 0 Å². The van der Waals surface area contributed by atoms with Gasteiger partial charge in [-0.25, -0.2) is 9.78 Å². The van der Waals surface area contributed by atoms with Gasteiger partial charge in [0, 0.05) is 54.3 Å². The Bertz CT molecular complexity index is 1140. The maximum Gasteiger partial charge on any atom is 0.319 e. The van der Waals surface area contributed by atoms with E-state index in [1.165, 1.54) is 0 Å². The number of para-hydroxylation sites is 1. The van der Waals surface area contributed by atoms with E-state index in [0.717, 1.165) is 63.8 Å². The lowest BCUT2D eigenvalue weighted by Crippen LogP contribution is -2.47. The third-order valence-electron chi connectivity index (χ3n) is 6.35. The molecule has 1 aromatic heterocycles. The molecule has 1 aliphatic rings. The molecular formula is C25H31BrN6O. The van der Waals surface area contributed by atoms with Crippen molar-refractivity contribution in [1.29, 1.82) is 0 Å². The van der Waals surface area contributed by atoms with Gasteiger partial charge in [-0.15, -0.1) is 0 Å². The number of urea groups is 1. The fraction of sp³-hybridized carbons (Fsp3) is 0.360. The summed E-state index contributed by atoms with van der Waals surface area (Å²) >= 11 is 3.48. The number of halogens is 1. The van der Waals surface area contributed by atoms with Crippen molar-refractivity contribution < 1.29 is 4.79 Å². The third-order valence-corrected chi connectivity index (χ3v) is 6.84. The van der Waals surface area contributed by atoms with Crippen molar-refractivity contribution in [2.75, 3.05) is 29.2 Å². The van der Waals surface area contributed by atoms with Crippen molar-refractivity contribution in [2.45, 2.75) is 44.3 Å². The Morgan fingerprint density at radius 1 is 1.09 bits per heavy atom. The molecule has 0 radical (unpaired) electrons. The number of hydrogen-bond acceptors (Lipinski definition) is 5. The monoisotopic (exact) mass is 510 g/mol. The minimum atomic E-state index is -0.435. The second-order valence-electron chi connectivity index (χ2n) is 8.77. The zero-order chi connectivity index (χ0) is 23.5. The minimum absolute atomic E-state index is 0.0499. The van der Waals surface area contributed by atoms with E-state index in [0.29, 0.717) is 12.6 Å². The second-order valence-corrected chi connectivity index (χ2v) is 9.69. The number of hydrogen-bond donors (Lipinski definition) is 3. The van der Waals surface area contributed by atoms with Gasteiger partial charge in [0.15, 0.2) is 0 Å². The first-order valence-corrected chi connectivity index (χ1v) is 12.1. The molecule has 2 amide bonds. The number of benzene rings is 2. The molecule has 4 rings (SSSR count). The number of nitrogens with two attached hydrogens (primary N) is 2. The summed E-state index contributed by atoms with van der Waals surface area (Å²) < 4.78 is 0.934. The highest BCUT2D eigenvalue weighted by Crippen LogP contribution is 2.33. The van der Waals surface area contributed by atoms with Gasteiger partial charge >= 0.3 is 6.03 Å². The van der Waals surface area contributed by atoms with Crippen LogP contribution in [0.2, 0.25) is 0 Å². The van der Waals surface area contributed by atoms with Crippen LogP contribution in [0.3, 0.4) is 0 Å². The molecule has 0 aliphatic heterocycles. The van der Waals surface area contributed by atoms with E-state index >= 15 is 0 Å². The number of pyridine rings is 1. The third kappa shape index (κ3) is 5.07. The number of fused-ring (bicyclic) bond motifs is 1. The molecular weight excluding hydrogens is 480 g/mol. The van der Waals surface area contributed by atoms with Gasteiger partial charge < -0.3 is 21.7 Å². The molecule has 0 bridgehead atoms. The summed E-state index contributed by atoms with van der Waals surface area (Å²) in [5.74, 6) is 0.880. The first-order valence-electron chi connectivity index (χ1n) is 11.3. The number of nitrogens with zero attached hydrogens (tertiary/aromatic N) is 3. The molecule has 5 N–H and O–H groups in total. The zero-order valence-corrected chi connectivity index (χ0v) is 20.7. The Kier molecular flexibility index (Phi) is 7.05. The number of aromatic nitrogens is 1. The maximum atomic E-state index is 12.4. The molecule has 1 heterocycles. The number of nitrogens with one attached hydrogen (secondary N) is 1. The number of primary amides is 1. The van der Waals surface area contributed by atoms with E-state index in [1.807, 2.05) is 50.5 Å². The fourth-order valence-electron chi connectivity index (χ4n) is 4.74. The summed E-state index contributed by atoms with van der Waals surface area (Å²) in [5.41, 5.74) is 15.6. The molecule has 7 nitrogen and oxygen atoms in total. The minimum Gasteiger partial charge on any atom is -0.377 e. The normalized spacial score (nSPS) is 18.2. The molecule has 1 saturated carbocycles. The van der Waals surface area contributed by atoms with Gasteiger partial charge in [0.1, 0.15) is 5.82 Å². The molecule has 0 atom stereocenters. The van der Waals surface area contributed by atoms with Crippen LogP contribution in [-0.4, -0.2) is 37.2 Å². The van der Waals surface area contributed by atoms with E-state index in [1.54, 1.807) is 4.90 Å². The van der Waals surface area contributed by atoms with Crippen LogP contribution < -0.4 is 26.6 Å². The molecule has 1 aliphatic carbocycles. The summed E-state index contributed by atoms with van der Waals surface area (Å²) in [6, 6.07) is 16.0. The van der Waals surface area contributed by atoms with Crippen LogP contribution in [-0.2, 0) is 6.54 Å². The molecule has 2 aromatic carbocycles. The molecule has 0 unspecified atom stereocenters. The van der Waals surface area contributed by atoms with Crippen molar-refractivity contribution in [3.8, 4) is 0 Å². The van der Waals surface area contributed by atoms with Gasteiger partial charge in [-0.1, -0.05) is 34.1 Å². The van der Waals surface area contributed by atoms with E-state index < -0.39 is 6.03 Å². The van der Waals surface area contributed by atoms with E-state index in [2.05, 4.69) is 38.3 Å². The van der Waals surface area contributed by atoms with Crippen LogP contribution in [0.4, 0.5) is 22.0 Å². The second kappa shape index (κ2) is 9.97. The van der Waals surface area contributed by atoms with Gasteiger partial charge in [0.2, 0.25) is 0 Å². The van der Waals surface area contributed by atoms with Crippen molar-refractivity contribution >= 4 is 50.1 Å². The maximum absolute atomic E-state index is 12.4. The largest absolute Gasteiger partial charge is 0.377 e. The standard InChI is InChI=1S/C25H31BrN6O/c1-31(2)23-14-24(30-21-6-4-3-5-20(21)23)29-18-8-10-19(11-9-18)32(25(28)33)22-12-7-17(26)13-16(22)15-27/h3-7,12-14,18-19H,8-11,15,27H2,1-2H3,(H2,28,33)(H,29,30). The Morgan fingerprint density at radius 3 is 2.48 bits per heavy atom. The highest BCUT2D eigenvalue weighted by Gasteiger charge is 2.30. The summed E-state index contributed by atoms with van der Waals surface area (Å²) in [7, 11) is 4.10. The van der Waals surface area contributed by atoms with Crippen molar-refractivity contribution in [3.63, 3.8) is 0 Å². The first kappa shape index (κ1) is 23.3. The van der Waals surface area contributed by atoms with Gasteiger partial charge in [0.05, 0.1) is 11.2 Å². The summed E-state index contributed by atoms with van der Waals surface area (Å²) in [6.07, 6.45) is 3.56. The van der Waals surface area contributed by atoms with E-state index in [4.69, 9.17) is 16.5 Å². The van der Waals surface area contributed by atoms with Crippen LogP contribution in [0, 0.1) is 0 Å². The predicted molar refractivity (Wildman–Crippen MR) is 140 cm³/mol. The number of carbonyl (C=O) groups is 1. The summed E-state index contributed by atoms with van der Waals surface area (Å²) in [5, 5.41) is 4.77. The van der Waals surface area contributed by atoms with E-state index in [9.17, 15) is 4.79 Å². The Hall–Kier alpha value is -2.84. The fourth-order valence-corrected chi connectivity index (χ4v) is 5.14. The average molecular weight is 511 g/mol. The van der Waals surface area contributed by atoms with Crippen LogP contribution in [0.1, 0.15) is 31.2 Å². The molecule has 3 aromatic rings. The number of amides is 2. The quantitative estimate of drug-likeness (QED) is 0.440. The number of rotatable bonds is 6. The van der Waals surface area contributed by atoms with Crippen LogP contribution in [0.15, 0.2) is 53.0 Å². The first-order chi connectivity index (χ1) is 15.9. The molecule has 33 heavy (non-hydrogen) atoms. The number of carbonyl (C=O) groups excluding carboxylic acids is 1. The molecule has 8 heteroatoms. The number of anilines is 3. The molecule has 174 valence electrons. The zero-order valence-electron chi connectivity index (χ0n) is 19.1. The van der Waals surface area contributed by atoms with Crippen LogP contribution >= 0.6 is 15.9 Å². The molecule has 0 saturated heterocycles. The SMILES string of the molecule is CN(C)c1cc(NC2CCC(N(C(N)=O)c3ccc(Br)cc3CN)CC2)nc2ccccc12. The smallest absolute Gasteiger partial charge is 0.319 e. The van der Waals surface area contributed by atoms with Gasteiger partial charge in [-0.05, 0) is 55.5 Å². The highest BCUT2D eigenvalue weighted by atomic mass is 79.9. The Labute approximate surface area is 203 Å². The molecule has 1 fully saturated rings. The highest BCUT2D eigenvalue weighted by molar-refractivity contribution is 9.10. The topological polar surface area (TPSA) is 101 Å². The Morgan fingerprint density at radius 2 is 1.82 bits per heavy atom. The Balaban J connectivity index is 1.49. The average Bonchev–Trinajstić information content (AvgIpc) is 2.80. The van der Waals surface area contributed by atoms with Gasteiger partial charge in [0.25, 0.3) is 0 Å². The lowest BCUT2D eigenvalue weighted by Gasteiger charge is -2.37. The van der Waals surface area contributed by atoms with E-state index in [-0.39, 0.29) is 6.04 Å². The lowest BCUT2D eigenvalue weighted by atomic mass is 9.89. The van der Waals surface area contributed by atoms with Gasteiger partial charge in [-0.3, -0.25) is 4.90 Å². The van der Waals surface area contributed by atoms with Crippen molar-refractivity contribution in [3.05, 3.63) is 58.6 Å². The summed E-state index contributed by atoms with van der Waals surface area (Å²) in [4.78, 5) is 21.1.